The highest BCUT2D eigenvalue weighted by Gasteiger charge is 2.33. The average molecular weight is 479 g/mol. The molecule has 8 heteroatoms. The monoisotopic (exact) mass is 478 g/mol. The highest BCUT2D eigenvalue weighted by atomic mass is 15.3. The number of nitrogens with zero attached hydrogens (tertiary/aromatic N) is 7. The molecule has 1 aliphatic carbocycles. The summed E-state index contributed by atoms with van der Waals surface area (Å²) in [4.78, 5) is 14.3. The SMILES string of the molecule is CN1CCN(c2cccc(Nc3ncc4cccc(-c5cnn(C(CC#N)C6CC6)c5)c4n3)c2)CC1. The van der Waals surface area contributed by atoms with Crippen LogP contribution in [0.25, 0.3) is 22.0 Å². The molecule has 1 N–H and O–H groups in total. The molecule has 182 valence electrons. The summed E-state index contributed by atoms with van der Waals surface area (Å²) < 4.78 is 1.97. The van der Waals surface area contributed by atoms with Crippen molar-refractivity contribution >= 4 is 28.2 Å². The van der Waals surface area contributed by atoms with Crippen molar-refractivity contribution < 1.29 is 0 Å². The molecule has 1 saturated heterocycles. The summed E-state index contributed by atoms with van der Waals surface area (Å²) in [7, 11) is 2.17. The van der Waals surface area contributed by atoms with E-state index in [-0.39, 0.29) is 6.04 Å². The van der Waals surface area contributed by atoms with Gasteiger partial charge in [-0.3, -0.25) is 4.68 Å². The summed E-state index contributed by atoms with van der Waals surface area (Å²) in [6.07, 6.45) is 8.65. The Kier molecular flexibility index (Phi) is 5.99. The van der Waals surface area contributed by atoms with Crippen LogP contribution in [-0.4, -0.2) is 57.9 Å². The molecule has 1 atom stereocenters. The van der Waals surface area contributed by atoms with Gasteiger partial charge in [0, 0.05) is 66.5 Å². The van der Waals surface area contributed by atoms with Crippen molar-refractivity contribution in [3.63, 3.8) is 0 Å². The first-order valence-corrected chi connectivity index (χ1v) is 12.7. The summed E-state index contributed by atoms with van der Waals surface area (Å²) in [6, 6.07) is 17.1. The van der Waals surface area contributed by atoms with Gasteiger partial charge in [-0.15, -0.1) is 0 Å². The maximum atomic E-state index is 9.27. The molecule has 36 heavy (non-hydrogen) atoms. The molecule has 6 rings (SSSR count). The van der Waals surface area contributed by atoms with Crippen LogP contribution in [0.2, 0.25) is 0 Å². The summed E-state index contributed by atoms with van der Waals surface area (Å²) in [5, 5.41) is 18.3. The van der Waals surface area contributed by atoms with E-state index in [1.54, 1.807) is 0 Å². The van der Waals surface area contributed by atoms with Gasteiger partial charge in [-0.25, -0.2) is 9.97 Å². The number of likely N-dealkylation sites (N-methyl/N-ethyl adjacent to an activating group) is 1. The van der Waals surface area contributed by atoms with Gasteiger partial charge < -0.3 is 15.1 Å². The summed E-state index contributed by atoms with van der Waals surface area (Å²) >= 11 is 0. The second-order valence-corrected chi connectivity index (χ2v) is 9.88. The average Bonchev–Trinajstić information content (AvgIpc) is 3.63. The van der Waals surface area contributed by atoms with Crippen LogP contribution in [-0.2, 0) is 0 Å². The number of benzene rings is 2. The van der Waals surface area contributed by atoms with Gasteiger partial charge in [-0.05, 0) is 44.0 Å². The number of hydrogen-bond donors (Lipinski definition) is 1. The highest BCUT2D eigenvalue weighted by Crippen LogP contribution is 2.41. The number of para-hydroxylation sites is 1. The lowest BCUT2D eigenvalue weighted by Gasteiger charge is -2.34. The van der Waals surface area contributed by atoms with E-state index in [9.17, 15) is 5.26 Å². The molecule has 4 aromatic rings. The first-order chi connectivity index (χ1) is 17.7. The fourth-order valence-electron chi connectivity index (χ4n) is 5.03. The van der Waals surface area contributed by atoms with Crippen molar-refractivity contribution in [1.29, 1.82) is 5.26 Å². The summed E-state index contributed by atoms with van der Waals surface area (Å²) in [5.74, 6) is 1.13. The Balaban J connectivity index is 1.27. The molecule has 0 spiro atoms. The number of piperazine rings is 1. The number of rotatable bonds is 7. The van der Waals surface area contributed by atoms with Crippen LogP contribution >= 0.6 is 0 Å². The molecule has 0 radical (unpaired) electrons. The third-order valence-corrected chi connectivity index (χ3v) is 7.30. The van der Waals surface area contributed by atoms with E-state index >= 15 is 0 Å². The van der Waals surface area contributed by atoms with Gasteiger partial charge in [0.25, 0.3) is 0 Å². The van der Waals surface area contributed by atoms with Gasteiger partial charge in [0.15, 0.2) is 0 Å². The van der Waals surface area contributed by atoms with Gasteiger partial charge in [0.1, 0.15) is 0 Å². The second-order valence-electron chi connectivity index (χ2n) is 9.88. The van der Waals surface area contributed by atoms with Gasteiger partial charge in [0.2, 0.25) is 5.95 Å². The molecule has 1 aliphatic heterocycles. The molecule has 1 unspecified atom stereocenters. The van der Waals surface area contributed by atoms with E-state index in [1.807, 2.05) is 29.2 Å². The lowest BCUT2D eigenvalue weighted by molar-refractivity contribution is 0.313. The lowest BCUT2D eigenvalue weighted by atomic mass is 10.1. The maximum Gasteiger partial charge on any atom is 0.227 e. The predicted molar refractivity (Wildman–Crippen MR) is 142 cm³/mol. The Labute approximate surface area is 211 Å². The second kappa shape index (κ2) is 9.59. The van der Waals surface area contributed by atoms with Crippen molar-refractivity contribution in [1.82, 2.24) is 24.6 Å². The number of hydrogen-bond acceptors (Lipinski definition) is 7. The van der Waals surface area contributed by atoms with Crippen LogP contribution in [0.3, 0.4) is 0 Å². The van der Waals surface area contributed by atoms with E-state index < -0.39 is 0 Å². The van der Waals surface area contributed by atoms with Crippen molar-refractivity contribution in [3.05, 3.63) is 61.1 Å². The van der Waals surface area contributed by atoms with Gasteiger partial charge in [0.05, 0.1) is 30.2 Å². The van der Waals surface area contributed by atoms with Crippen LogP contribution in [0.5, 0.6) is 0 Å². The number of nitrogens with one attached hydrogen (secondary N) is 1. The fraction of sp³-hybridized carbons (Fsp3) is 0.357. The van der Waals surface area contributed by atoms with Gasteiger partial charge >= 0.3 is 0 Å². The van der Waals surface area contributed by atoms with Crippen molar-refractivity contribution in [2.24, 2.45) is 5.92 Å². The van der Waals surface area contributed by atoms with E-state index in [0.717, 1.165) is 53.9 Å². The molecule has 3 heterocycles. The van der Waals surface area contributed by atoms with Crippen molar-refractivity contribution in [2.75, 3.05) is 43.4 Å². The van der Waals surface area contributed by atoms with Crippen molar-refractivity contribution in [2.45, 2.75) is 25.3 Å². The molecule has 8 nitrogen and oxygen atoms in total. The minimum atomic E-state index is 0.151. The zero-order valence-corrected chi connectivity index (χ0v) is 20.5. The lowest BCUT2D eigenvalue weighted by Crippen LogP contribution is -2.44. The molecule has 0 amide bonds. The minimum Gasteiger partial charge on any atom is -0.369 e. The van der Waals surface area contributed by atoms with Crippen molar-refractivity contribution in [3.8, 4) is 17.2 Å². The highest BCUT2D eigenvalue weighted by molar-refractivity contribution is 5.93. The molecule has 2 fully saturated rings. The number of nitriles is 1. The van der Waals surface area contributed by atoms with Crippen LogP contribution in [0, 0.1) is 17.2 Å². The van der Waals surface area contributed by atoms with E-state index in [2.05, 4.69) is 74.8 Å². The third-order valence-electron chi connectivity index (χ3n) is 7.30. The first-order valence-electron chi connectivity index (χ1n) is 12.7. The molecule has 0 bridgehead atoms. The van der Waals surface area contributed by atoms with Gasteiger partial charge in [-0.2, -0.15) is 10.4 Å². The van der Waals surface area contributed by atoms with Gasteiger partial charge in [-0.1, -0.05) is 24.3 Å². The summed E-state index contributed by atoms with van der Waals surface area (Å²) in [5.41, 5.74) is 5.09. The third kappa shape index (κ3) is 4.62. The van der Waals surface area contributed by atoms with E-state index in [4.69, 9.17) is 4.98 Å². The largest absolute Gasteiger partial charge is 0.369 e. The fourth-order valence-corrected chi connectivity index (χ4v) is 5.03. The minimum absolute atomic E-state index is 0.151. The Morgan fingerprint density at radius 1 is 1.08 bits per heavy atom. The normalized spacial score (nSPS) is 17.2. The number of aromatic nitrogens is 4. The Morgan fingerprint density at radius 2 is 1.92 bits per heavy atom. The van der Waals surface area contributed by atoms with Crippen LogP contribution in [0.15, 0.2) is 61.1 Å². The zero-order valence-electron chi connectivity index (χ0n) is 20.5. The van der Waals surface area contributed by atoms with Crippen LogP contribution in [0.4, 0.5) is 17.3 Å². The topological polar surface area (TPSA) is 85.9 Å². The first kappa shape index (κ1) is 22.5. The molecule has 1 saturated carbocycles. The molecular formula is C28H30N8. The van der Waals surface area contributed by atoms with E-state index in [1.165, 1.54) is 18.5 Å². The number of anilines is 3. The summed E-state index contributed by atoms with van der Waals surface area (Å²) in [6.45, 7) is 4.20. The molecule has 2 aromatic carbocycles. The van der Waals surface area contributed by atoms with Crippen LogP contribution in [0.1, 0.15) is 25.3 Å². The standard InChI is InChI=1S/C28H30N8/c1-34-12-14-35(15-13-34)24-6-3-5-23(16-24)32-28-30-17-21-4-2-7-25(27(21)33-28)22-18-31-36(19-22)26(10-11-29)20-8-9-20/h2-7,16-20,26H,8-10,12-15H2,1H3,(H,30,32,33). The van der Waals surface area contributed by atoms with Crippen LogP contribution < -0.4 is 10.2 Å². The predicted octanol–water partition coefficient (Wildman–Crippen LogP) is 4.85. The zero-order chi connectivity index (χ0) is 24.5. The van der Waals surface area contributed by atoms with E-state index in [0.29, 0.717) is 18.3 Å². The Bertz CT molecular complexity index is 1410. The Hall–Kier alpha value is -3.96. The number of fused-ring (bicyclic) bond motifs is 1. The molecular weight excluding hydrogens is 448 g/mol. The molecule has 2 aliphatic rings. The smallest absolute Gasteiger partial charge is 0.227 e. The molecule has 2 aromatic heterocycles. The quantitative estimate of drug-likeness (QED) is 0.406. The Morgan fingerprint density at radius 3 is 2.72 bits per heavy atom. The maximum absolute atomic E-state index is 9.27.